The predicted octanol–water partition coefficient (Wildman–Crippen LogP) is 0.317. The van der Waals surface area contributed by atoms with Crippen LogP contribution in [0.3, 0.4) is 0 Å². The molecular weight excluding hydrogens is 248 g/mol. The van der Waals surface area contributed by atoms with Gasteiger partial charge in [-0.05, 0) is 25.0 Å². The highest BCUT2D eigenvalue weighted by Gasteiger charge is 2.31. The van der Waals surface area contributed by atoms with E-state index in [1.54, 1.807) is 12.1 Å². The van der Waals surface area contributed by atoms with Gasteiger partial charge in [0.1, 0.15) is 5.76 Å². The van der Waals surface area contributed by atoms with Gasteiger partial charge in [0.05, 0.1) is 18.4 Å². The Labute approximate surface area is 111 Å². The van der Waals surface area contributed by atoms with Crippen LogP contribution < -0.4 is 10.6 Å². The minimum Gasteiger partial charge on any atom is -0.467 e. The zero-order chi connectivity index (χ0) is 13.7. The van der Waals surface area contributed by atoms with Crippen LogP contribution in [-0.4, -0.2) is 29.1 Å². The van der Waals surface area contributed by atoms with Crippen molar-refractivity contribution in [1.82, 2.24) is 10.6 Å². The Bertz CT molecular complexity index is 436. The van der Waals surface area contributed by atoms with Gasteiger partial charge in [0, 0.05) is 6.54 Å². The first-order valence-electron chi connectivity index (χ1n) is 6.40. The highest BCUT2D eigenvalue weighted by Crippen LogP contribution is 2.28. The second-order valence-electron chi connectivity index (χ2n) is 4.88. The summed E-state index contributed by atoms with van der Waals surface area (Å²) >= 11 is 0. The van der Waals surface area contributed by atoms with Crippen LogP contribution in [0.1, 0.15) is 31.4 Å². The van der Waals surface area contributed by atoms with Gasteiger partial charge in [0.15, 0.2) is 0 Å². The summed E-state index contributed by atoms with van der Waals surface area (Å²) in [5.74, 6) is -0.875. The molecule has 104 valence electrons. The molecule has 1 saturated carbocycles. The Hall–Kier alpha value is -1.82. The fraction of sp³-hybridized carbons (Fsp3) is 0.538. The zero-order valence-corrected chi connectivity index (χ0v) is 10.6. The average molecular weight is 266 g/mol. The van der Waals surface area contributed by atoms with E-state index in [1.807, 2.05) is 0 Å². The van der Waals surface area contributed by atoms with Crippen molar-refractivity contribution in [2.24, 2.45) is 0 Å². The summed E-state index contributed by atoms with van der Waals surface area (Å²) in [4.78, 5) is 23.0. The Morgan fingerprint density at radius 2 is 1.95 bits per heavy atom. The third kappa shape index (κ3) is 3.82. The van der Waals surface area contributed by atoms with E-state index in [9.17, 15) is 14.7 Å². The predicted molar refractivity (Wildman–Crippen MR) is 67.0 cm³/mol. The number of carbonyl (C=O) groups excluding carboxylic acids is 2. The van der Waals surface area contributed by atoms with E-state index < -0.39 is 17.4 Å². The molecule has 1 aromatic rings. The van der Waals surface area contributed by atoms with Crippen molar-refractivity contribution in [3.63, 3.8) is 0 Å². The van der Waals surface area contributed by atoms with E-state index >= 15 is 0 Å². The molecule has 0 aliphatic heterocycles. The van der Waals surface area contributed by atoms with Crippen molar-refractivity contribution in [3.05, 3.63) is 24.2 Å². The lowest BCUT2D eigenvalue weighted by molar-refractivity contribution is -0.140. The normalized spacial score (nSPS) is 17.1. The van der Waals surface area contributed by atoms with Crippen molar-refractivity contribution >= 4 is 11.8 Å². The molecule has 2 rings (SSSR count). The molecule has 0 bridgehead atoms. The second-order valence-corrected chi connectivity index (χ2v) is 4.88. The Morgan fingerprint density at radius 1 is 1.26 bits per heavy atom. The fourth-order valence-electron chi connectivity index (χ4n) is 2.20. The molecule has 1 fully saturated rings. The van der Waals surface area contributed by atoms with Crippen molar-refractivity contribution < 1.29 is 19.1 Å². The smallest absolute Gasteiger partial charge is 0.309 e. The average Bonchev–Trinajstić information content (AvgIpc) is 3.05. The standard InChI is InChI=1S/C13H18N2O4/c16-11(14-8-10-4-3-7-19-10)12(17)15-9-13(18)5-1-2-6-13/h3-4,7,18H,1-2,5-6,8-9H2,(H,14,16)(H,15,17). The Balaban J connectivity index is 1.71. The van der Waals surface area contributed by atoms with E-state index in [0.717, 1.165) is 12.8 Å². The third-order valence-electron chi connectivity index (χ3n) is 3.32. The van der Waals surface area contributed by atoms with E-state index in [2.05, 4.69) is 10.6 Å². The highest BCUT2D eigenvalue weighted by atomic mass is 16.3. The number of carbonyl (C=O) groups is 2. The lowest BCUT2D eigenvalue weighted by Gasteiger charge is -2.21. The minimum atomic E-state index is -0.850. The molecule has 0 unspecified atom stereocenters. The van der Waals surface area contributed by atoms with Crippen molar-refractivity contribution in [3.8, 4) is 0 Å². The SMILES string of the molecule is O=C(NCc1ccco1)C(=O)NCC1(O)CCCC1. The first kappa shape index (κ1) is 13.6. The molecular formula is C13H18N2O4. The number of furan rings is 1. The van der Waals surface area contributed by atoms with E-state index in [1.165, 1.54) is 6.26 Å². The summed E-state index contributed by atoms with van der Waals surface area (Å²) in [6, 6.07) is 3.41. The molecule has 1 aromatic heterocycles. The van der Waals surface area contributed by atoms with Crippen LogP contribution in [0.2, 0.25) is 0 Å². The third-order valence-corrected chi connectivity index (χ3v) is 3.32. The van der Waals surface area contributed by atoms with Crippen LogP contribution in [0.15, 0.2) is 22.8 Å². The number of hydrogen-bond acceptors (Lipinski definition) is 4. The zero-order valence-electron chi connectivity index (χ0n) is 10.6. The van der Waals surface area contributed by atoms with Crippen LogP contribution >= 0.6 is 0 Å². The van der Waals surface area contributed by atoms with Gasteiger partial charge in [-0.25, -0.2) is 0 Å². The summed E-state index contributed by atoms with van der Waals surface area (Å²) in [5.41, 5.74) is -0.850. The van der Waals surface area contributed by atoms with Gasteiger partial charge in [-0.3, -0.25) is 9.59 Å². The summed E-state index contributed by atoms with van der Waals surface area (Å²) < 4.78 is 5.03. The van der Waals surface area contributed by atoms with Crippen molar-refractivity contribution in [2.45, 2.75) is 37.8 Å². The first-order chi connectivity index (χ1) is 9.09. The maximum absolute atomic E-state index is 11.5. The number of hydrogen-bond donors (Lipinski definition) is 3. The fourth-order valence-corrected chi connectivity index (χ4v) is 2.20. The van der Waals surface area contributed by atoms with Crippen molar-refractivity contribution in [2.75, 3.05) is 6.54 Å². The molecule has 0 spiro atoms. The highest BCUT2D eigenvalue weighted by molar-refractivity contribution is 6.35. The van der Waals surface area contributed by atoms with Crippen LogP contribution in [0, 0.1) is 0 Å². The Morgan fingerprint density at radius 3 is 2.58 bits per heavy atom. The van der Waals surface area contributed by atoms with Gasteiger partial charge in [0.2, 0.25) is 0 Å². The number of nitrogens with one attached hydrogen (secondary N) is 2. The van der Waals surface area contributed by atoms with Gasteiger partial charge in [-0.2, -0.15) is 0 Å². The van der Waals surface area contributed by atoms with Crippen LogP contribution in [-0.2, 0) is 16.1 Å². The molecule has 6 heteroatoms. The number of amides is 2. The lowest BCUT2D eigenvalue weighted by Crippen LogP contribution is -2.46. The largest absolute Gasteiger partial charge is 0.467 e. The maximum Gasteiger partial charge on any atom is 0.309 e. The maximum atomic E-state index is 11.5. The molecule has 0 aromatic carbocycles. The van der Waals surface area contributed by atoms with Crippen LogP contribution in [0.5, 0.6) is 0 Å². The Kier molecular flexibility index (Phi) is 4.21. The second kappa shape index (κ2) is 5.88. The quantitative estimate of drug-likeness (QED) is 0.684. The van der Waals surface area contributed by atoms with Crippen molar-refractivity contribution in [1.29, 1.82) is 0 Å². The van der Waals surface area contributed by atoms with Gasteiger partial charge in [-0.15, -0.1) is 0 Å². The lowest BCUT2D eigenvalue weighted by atomic mass is 10.0. The number of aliphatic hydroxyl groups is 1. The summed E-state index contributed by atoms with van der Waals surface area (Å²) in [5, 5.41) is 15.0. The van der Waals surface area contributed by atoms with Gasteiger partial charge < -0.3 is 20.2 Å². The molecule has 0 radical (unpaired) electrons. The minimum absolute atomic E-state index is 0.125. The number of rotatable bonds is 4. The molecule has 3 N–H and O–H groups in total. The van der Waals surface area contributed by atoms with Crippen LogP contribution in [0.4, 0.5) is 0 Å². The molecule has 19 heavy (non-hydrogen) atoms. The van der Waals surface area contributed by atoms with Gasteiger partial charge in [0.25, 0.3) is 0 Å². The first-order valence-corrected chi connectivity index (χ1v) is 6.40. The molecule has 2 amide bonds. The summed E-state index contributed by atoms with van der Waals surface area (Å²) in [7, 11) is 0. The van der Waals surface area contributed by atoms with Crippen LogP contribution in [0.25, 0.3) is 0 Å². The molecule has 1 aliphatic rings. The molecule has 0 saturated heterocycles. The molecule has 1 heterocycles. The molecule has 0 atom stereocenters. The van der Waals surface area contributed by atoms with Gasteiger partial charge >= 0.3 is 11.8 Å². The summed E-state index contributed by atoms with van der Waals surface area (Å²) in [6.07, 6.45) is 4.74. The summed E-state index contributed by atoms with van der Waals surface area (Å²) in [6.45, 7) is 0.295. The monoisotopic (exact) mass is 266 g/mol. The molecule has 1 aliphatic carbocycles. The molecule has 6 nitrogen and oxygen atoms in total. The van der Waals surface area contributed by atoms with E-state index in [0.29, 0.717) is 18.6 Å². The van der Waals surface area contributed by atoms with E-state index in [4.69, 9.17) is 4.42 Å². The van der Waals surface area contributed by atoms with E-state index in [-0.39, 0.29) is 13.1 Å². The van der Waals surface area contributed by atoms with Gasteiger partial charge in [-0.1, -0.05) is 12.8 Å². The topological polar surface area (TPSA) is 91.6 Å².